The molecule has 0 fully saturated rings. The van der Waals surface area contributed by atoms with Crippen LogP contribution in [0.4, 0.5) is 4.39 Å². The van der Waals surface area contributed by atoms with Gasteiger partial charge in [-0.15, -0.1) is 0 Å². The zero-order chi connectivity index (χ0) is 13.0. The maximum Gasteiger partial charge on any atom is 0.131 e. The Bertz CT molecular complexity index is 497. The van der Waals surface area contributed by atoms with Crippen LogP contribution in [0.15, 0.2) is 35.0 Å². The monoisotopic (exact) mass is 265 g/mol. The summed E-state index contributed by atoms with van der Waals surface area (Å²) in [5.41, 5.74) is 7.41. The summed E-state index contributed by atoms with van der Waals surface area (Å²) in [7, 11) is 0. The van der Waals surface area contributed by atoms with Gasteiger partial charge in [0.25, 0.3) is 0 Å². The van der Waals surface area contributed by atoms with Crippen LogP contribution < -0.4 is 10.5 Å². The molecule has 2 aromatic rings. The molecule has 0 radical (unpaired) electrons. The van der Waals surface area contributed by atoms with Gasteiger partial charge in [-0.3, -0.25) is 0 Å². The van der Waals surface area contributed by atoms with Crippen LogP contribution in [-0.4, -0.2) is 6.61 Å². The second kappa shape index (κ2) is 5.98. The number of hydrogen-bond acceptors (Lipinski definition) is 3. The predicted molar refractivity (Wildman–Crippen MR) is 72.5 cm³/mol. The van der Waals surface area contributed by atoms with Gasteiger partial charge in [-0.05, 0) is 35.4 Å². The molecule has 0 saturated heterocycles. The number of hydrogen-bond donors (Lipinski definition) is 1. The third kappa shape index (κ3) is 3.31. The highest BCUT2D eigenvalue weighted by molar-refractivity contribution is 7.07. The van der Waals surface area contributed by atoms with Crippen LogP contribution in [0, 0.1) is 5.82 Å². The fraction of sp³-hybridized carbons (Fsp3) is 0.286. The van der Waals surface area contributed by atoms with E-state index >= 15 is 0 Å². The fourth-order valence-electron chi connectivity index (χ4n) is 1.69. The van der Waals surface area contributed by atoms with Crippen LogP contribution in [0.25, 0.3) is 0 Å². The number of nitrogens with two attached hydrogens (primary N) is 1. The highest BCUT2D eigenvalue weighted by atomic mass is 32.1. The van der Waals surface area contributed by atoms with E-state index in [4.69, 9.17) is 10.5 Å². The second-order valence-corrected chi connectivity index (χ2v) is 4.98. The van der Waals surface area contributed by atoms with Gasteiger partial charge in [-0.25, -0.2) is 4.39 Å². The lowest BCUT2D eigenvalue weighted by Crippen LogP contribution is -2.08. The summed E-state index contributed by atoms with van der Waals surface area (Å²) in [6.45, 7) is 2.31. The van der Waals surface area contributed by atoms with Gasteiger partial charge < -0.3 is 10.5 Å². The average molecular weight is 265 g/mol. The molecule has 0 amide bonds. The Morgan fingerprint density at radius 3 is 2.83 bits per heavy atom. The molecule has 0 aliphatic carbocycles. The highest BCUT2D eigenvalue weighted by Crippen LogP contribution is 2.20. The van der Waals surface area contributed by atoms with Gasteiger partial charge in [0.05, 0.1) is 6.61 Å². The lowest BCUT2D eigenvalue weighted by molar-refractivity contribution is 0.320. The molecular formula is C14H16FNOS. The molecule has 1 atom stereocenters. The molecule has 2 N–H and O–H groups in total. The van der Waals surface area contributed by atoms with Crippen molar-refractivity contribution in [2.45, 2.75) is 19.4 Å². The van der Waals surface area contributed by atoms with Gasteiger partial charge in [0.15, 0.2) is 0 Å². The third-order valence-electron chi connectivity index (χ3n) is 2.70. The van der Waals surface area contributed by atoms with Crippen molar-refractivity contribution in [2.75, 3.05) is 6.61 Å². The molecule has 2 rings (SSSR count). The van der Waals surface area contributed by atoms with E-state index in [1.165, 1.54) is 11.6 Å². The Morgan fingerprint density at radius 2 is 2.22 bits per heavy atom. The summed E-state index contributed by atoms with van der Waals surface area (Å²) in [5, 5.41) is 4.12. The summed E-state index contributed by atoms with van der Waals surface area (Å²) in [4.78, 5) is 0. The first-order valence-electron chi connectivity index (χ1n) is 5.85. The topological polar surface area (TPSA) is 35.2 Å². The molecule has 18 heavy (non-hydrogen) atoms. The Hall–Kier alpha value is -1.39. The first kappa shape index (κ1) is 13.1. The minimum atomic E-state index is -0.307. The van der Waals surface area contributed by atoms with E-state index < -0.39 is 0 Å². The van der Waals surface area contributed by atoms with Crippen LogP contribution in [-0.2, 0) is 6.42 Å². The van der Waals surface area contributed by atoms with Gasteiger partial charge in [0, 0.05) is 24.1 Å². The van der Waals surface area contributed by atoms with Gasteiger partial charge in [-0.2, -0.15) is 11.3 Å². The number of thiophene rings is 1. The molecule has 1 unspecified atom stereocenters. The minimum Gasteiger partial charge on any atom is -0.493 e. The molecule has 0 aliphatic rings. The zero-order valence-electron chi connectivity index (χ0n) is 10.2. The van der Waals surface area contributed by atoms with E-state index in [1.807, 2.05) is 5.38 Å². The van der Waals surface area contributed by atoms with Crippen molar-refractivity contribution < 1.29 is 9.13 Å². The van der Waals surface area contributed by atoms with Crippen LogP contribution in [0.2, 0.25) is 0 Å². The molecule has 4 heteroatoms. The largest absolute Gasteiger partial charge is 0.493 e. The molecule has 1 heterocycles. The first-order valence-corrected chi connectivity index (χ1v) is 6.80. The highest BCUT2D eigenvalue weighted by Gasteiger charge is 2.07. The van der Waals surface area contributed by atoms with Crippen LogP contribution in [0.5, 0.6) is 5.75 Å². The number of ether oxygens (including phenoxy) is 1. The Balaban J connectivity index is 1.92. The summed E-state index contributed by atoms with van der Waals surface area (Å²) >= 11 is 1.66. The maximum atomic E-state index is 13.6. The first-order chi connectivity index (χ1) is 8.66. The normalized spacial score (nSPS) is 12.4. The molecule has 0 bridgehead atoms. The van der Waals surface area contributed by atoms with Crippen LogP contribution in [0.3, 0.4) is 0 Å². The molecule has 0 spiro atoms. The number of benzene rings is 1. The summed E-state index contributed by atoms with van der Waals surface area (Å²) in [5.74, 6) is 0.241. The molecule has 1 aromatic heterocycles. The Morgan fingerprint density at radius 1 is 1.39 bits per heavy atom. The number of rotatable bonds is 5. The molecule has 0 saturated carbocycles. The van der Waals surface area contributed by atoms with Crippen molar-refractivity contribution in [1.82, 2.24) is 0 Å². The fourth-order valence-corrected chi connectivity index (χ4v) is 2.39. The minimum absolute atomic E-state index is 0.301. The van der Waals surface area contributed by atoms with Gasteiger partial charge >= 0.3 is 0 Å². The van der Waals surface area contributed by atoms with E-state index in [0.29, 0.717) is 17.9 Å². The molecular weight excluding hydrogens is 249 g/mol. The van der Waals surface area contributed by atoms with E-state index in [0.717, 1.165) is 6.42 Å². The Kier molecular flexibility index (Phi) is 4.33. The molecule has 0 aliphatic heterocycles. The van der Waals surface area contributed by atoms with Crippen LogP contribution >= 0.6 is 11.3 Å². The smallest absolute Gasteiger partial charge is 0.131 e. The van der Waals surface area contributed by atoms with Crippen molar-refractivity contribution in [3.8, 4) is 5.75 Å². The molecule has 96 valence electrons. The number of halogens is 1. The summed E-state index contributed by atoms with van der Waals surface area (Å²) < 4.78 is 19.2. The predicted octanol–water partition coefficient (Wildman–Crippen LogP) is 3.53. The van der Waals surface area contributed by atoms with E-state index in [-0.39, 0.29) is 11.9 Å². The standard InChI is InChI=1S/C14H16FNOS/c1-10(16)13-3-2-12(8-14(13)15)17-6-4-11-5-7-18-9-11/h2-3,5,7-10H,4,6,16H2,1H3. The third-order valence-corrected chi connectivity index (χ3v) is 3.43. The average Bonchev–Trinajstić information content (AvgIpc) is 2.81. The quantitative estimate of drug-likeness (QED) is 0.897. The molecule has 2 nitrogen and oxygen atoms in total. The summed E-state index contributed by atoms with van der Waals surface area (Å²) in [6, 6.07) is 6.60. The van der Waals surface area contributed by atoms with Gasteiger partial charge in [-0.1, -0.05) is 6.07 Å². The van der Waals surface area contributed by atoms with Crippen molar-refractivity contribution in [3.05, 3.63) is 52.0 Å². The Labute approximate surface area is 110 Å². The van der Waals surface area contributed by atoms with E-state index in [1.54, 1.807) is 30.4 Å². The molecule has 1 aromatic carbocycles. The maximum absolute atomic E-state index is 13.6. The van der Waals surface area contributed by atoms with Gasteiger partial charge in [0.1, 0.15) is 11.6 Å². The second-order valence-electron chi connectivity index (χ2n) is 4.20. The van der Waals surface area contributed by atoms with E-state index in [2.05, 4.69) is 11.4 Å². The van der Waals surface area contributed by atoms with E-state index in [9.17, 15) is 4.39 Å². The van der Waals surface area contributed by atoms with Crippen LogP contribution in [0.1, 0.15) is 24.1 Å². The van der Waals surface area contributed by atoms with Gasteiger partial charge in [0.2, 0.25) is 0 Å². The zero-order valence-corrected chi connectivity index (χ0v) is 11.0. The van der Waals surface area contributed by atoms with Crippen molar-refractivity contribution >= 4 is 11.3 Å². The van der Waals surface area contributed by atoms with Crippen molar-refractivity contribution in [3.63, 3.8) is 0 Å². The summed E-state index contributed by atoms with van der Waals surface area (Å²) in [6.07, 6.45) is 0.833. The SMILES string of the molecule is CC(N)c1ccc(OCCc2ccsc2)cc1F. The van der Waals surface area contributed by atoms with Crippen molar-refractivity contribution in [2.24, 2.45) is 5.73 Å². The lowest BCUT2D eigenvalue weighted by atomic mass is 10.1. The van der Waals surface area contributed by atoms with Crippen molar-refractivity contribution in [1.29, 1.82) is 0 Å². The lowest BCUT2D eigenvalue weighted by Gasteiger charge is -2.10.